The molecular formula is C13H16N2S. The molecule has 1 aromatic carbocycles. The summed E-state index contributed by atoms with van der Waals surface area (Å²) in [5.41, 5.74) is 2.65. The Labute approximate surface area is 100 Å². The highest BCUT2D eigenvalue weighted by Gasteiger charge is 2.02. The second-order valence-electron chi connectivity index (χ2n) is 3.92. The second-order valence-corrected chi connectivity index (χ2v) is 5.12. The predicted molar refractivity (Wildman–Crippen MR) is 68.9 cm³/mol. The Hall–Kier alpha value is -1.19. The summed E-state index contributed by atoms with van der Waals surface area (Å²) in [7, 11) is 1.96. The van der Waals surface area contributed by atoms with E-state index in [0.29, 0.717) is 0 Å². The lowest BCUT2D eigenvalue weighted by molar-refractivity contribution is 0.829. The van der Waals surface area contributed by atoms with Crippen molar-refractivity contribution in [1.82, 2.24) is 10.3 Å². The summed E-state index contributed by atoms with van der Waals surface area (Å²) in [5, 5.41) is 4.33. The molecule has 0 aliphatic carbocycles. The lowest BCUT2D eigenvalue weighted by Crippen LogP contribution is -2.02. The van der Waals surface area contributed by atoms with Crippen LogP contribution in [-0.4, -0.2) is 12.0 Å². The maximum absolute atomic E-state index is 4.44. The second kappa shape index (κ2) is 5.23. The van der Waals surface area contributed by atoms with Crippen molar-refractivity contribution in [3.05, 3.63) is 51.5 Å². The normalized spacial score (nSPS) is 10.6. The van der Waals surface area contributed by atoms with E-state index in [4.69, 9.17) is 0 Å². The molecule has 0 aliphatic heterocycles. The van der Waals surface area contributed by atoms with E-state index in [0.717, 1.165) is 13.0 Å². The van der Waals surface area contributed by atoms with Gasteiger partial charge in [-0.25, -0.2) is 4.98 Å². The highest BCUT2D eigenvalue weighted by Crippen LogP contribution is 2.17. The minimum absolute atomic E-state index is 0.908. The first-order valence-electron chi connectivity index (χ1n) is 5.41. The molecule has 0 unspecified atom stereocenters. The zero-order valence-corrected chi connectivity index (χ0v) is 10.5. The molecule has 16 heavy (non-hydrogen) atoms. The van der Waals surface area contributed by atoms with Crippen LogP contribution in [-0.2, 0) is 13.0 Å². The third-order valence-electron chi connectivity index (χ3n) is 2.39. The van der Waals surface area contributed by atoms with Crippen molar-refractivity contribution >= 4 is 11.3 Å². The first-order valence-corrected chi connectivity index (χ1v) is 6.23. The quantitative estimate of drug-likeness (QED) is 0.876. The zero-order chi connectivity index (χ0) is 11.4. The molecule has 0 amide bonds. The summed E-state index contributed by atoms with van der Waals surface area (Å²) in [6.07, 6.45) is 2.91. The van der Waals surface area contributed by atoms with E-state index in [1.54, 1.807) is 11.3 Å². The lowest BCUT2D eigenvalue weighted by atomic mass is 10.1. The fourth-order valence-electron chi connectivity index (χ4n) is 1.68. The van der Waals surface area contributed by atoms with E-state index in [9.17, 15) is 0 Å². The van der Waals surface area contributed by atoms with Gasteiger partial charge in [0.05, 0.1) is 5.01 Å². The van der Waals surface area contributed by atoms with Crippen molar-refractivity contribution in [2.75, 3.05) is 7.05 Å². The van der Waals surface area contributed by atoms with Crippen LogP contribution in [0.2, 0.25) is 0 Å². The molecule has 3 heteroatoms. The molecule has 0 saturated carbocycles. The Balaban J connectivity index is 2.08. The molecule has 0 aliphatic rings. The Morgan fingerprint density at radius 3 is 3.00 bits per heavy atom. The summed E-state index contributed by atoms with van der Waals surface area (Å²) in [6.45, 7) is 3.03. The summed E-state index contributed by atoms with van der Waals surface area (Å²) < 4.78 is 0. The summed E-state index contributed by atoms with van der Waals surface area (Å²) in [5.74, 6) is 0. The van der Waals surface area contributed by atoms with Crippen molar-refractivity contribution in [2.45, 2.75) is 19.9 Å². The minimum atomic E-state index is 0.908. The first-order chi connectivity index (χ1) is 7.78. The molecule has 1 heterocycles. The van der Waals surface area contributed by atoms with Crippen LogP contribution in [0.15, 0.2) is 30.5 Å². The van der Waals surface area contributed by atoms with Crippen molar-refractivity contribution < 1.29 is 0 Å². The molecule has 84 valence electrons. The number of hydrogen-bond acceptors (Lipinski definition) is 3. The monoisotopic (exact) mass is 232 g/mol. The molecule has 0 saturated heterocycles. The lowest BCUT2D eigenvalue weighted by Gasteiger charge is -1.99. The van der Waals surface area contributed by atoms with Gasteiger partial charge in [0.15, 0.2) is 0 Å². The predicted octanol–water partition coefficient (Wildman–Crippen LogP) is 2.76. The Morgan fingerprint density at radius 1 is 1.38 bits per heavy atom. The smallest absolute Gasteiger partial charge is 0.0972 e. The molecule has 2 rings (SSSR count). The van der Waals surface area contributed by atoms with E-state index in [1.165, 1.54) is 21.0 Å². The molecule has 0 fully saturated rings. The highest BCUT2D eigenvalue weighted by atomic mass is 32.1. The summed E-state index contributed by atoms with van der Waals surface area (Å²) in [6, 6.07) is 8.61. The van der Waals surface area contributed by atoms with Crippen LogP contribution in [0.1, 0.15) is 21.0 Å². The number of nitrogens with zero attached hydrogens (tertiary/aromatic N) is 1. The van der Waals surface area contributed by atoms with Crippen molar-refractivity contribution in [3.63, 3.8) is 0 Å². The van der Waals surface area contributed by atoms with Gasteiger partial charge < -0.3 is 5.32 Å². The van der Waals surface area contributed by atoms with Crippen LogP contribution in [0.4, 0.5) is 0 Å². The molecule has 0 radical (unpaired) electrons. The largest absolute Gasteiger partial charge is 0.315 e. The Bertz CT molecular complexity index is 462. The van der Waals surface area contributed by atoms with E-state index >= 15 is 0 Å². The molecule has 0 atom stereocenters. The van der Waals surface area contributed by atoms with Crippen LogP contribution in [0, 0.1) is 6.92 Å². The number of rotatable bonds is 4. The number of thiazole rings is 1. The van der Waals surface area contributed by atoms with Crippen LogP contribution in [0.5, 0.6) is 0 Å². The van der Waals surface area contributed by atoms with Gasteiger partial charge in [0.1, 0.15) is 0 Å². The van der Waals surface area contributed by atoms with Crippen molar-refractivity contribution in [1.29, 1.82) is 0 Å². The first kappa shape index (κ1) is 11.3. The van der Waals surface area contributed by atoms with Crippen LogP contribution in [0.3, 0.4) is 0 Å². The summed E-state index contributed by atoms with van der Waals surface area (Å²) >= 11 is 1.78. The van der Waals surface area contributed by atoms with Gasteiger partial charge in [0, 0.05) is 24.0 Å². The maximum Gasteiger partial charge on any atom is 0.0972 e. The topological polar surface area (TPSA) is 24.9 Å². The SMILES string of the molecule is CNCc1cnc(Cc2cccc(C)c2)s1. The molecule has 1 aromatic heterocycles. The van der Waals surface area contributed by atoms with Gasteiger partial charge in [-0.15, -0.1) is 11.3 Å². The molecule has 2 nitrogen and oxygen atoms in total. The van der Waals surface area contributed by atoms with Crippen LogP contribution in [0.25, 0.3) is 0 Å². The minimum Gasteiger partial charge on any atom is -0.315 e. The fraction of sp³-hybridized carbons (Fsp3) is 0.308. The third-order valence-corrected chi connectivity index (χ3v) is 3.39. The summed E-state index contributed by atoms with van der Waals surface area (Å²) in [4.78, 5) is 5.73. The van der Waals surface area contributed by atoms with E-state index in [2.05, 4.69) is 41.5 Å². The number of aromatic nitrogens is 1. The third kappa shape index (κ3) is 2.90. The average Bonchev–Trinajstić information content (AvgIpc) is 2.66. The molecule has 2 aromatic rings. The van der Waals surface area contributed by atoms with Crippen molar-refractivity contribution in [2.24, 2.45) is 0 Å². The Morgan fingerprint density at radius 2 is 2.25 bits per heavy atom. The molecule has 0 spiro atoms. The van der Waals surface area contributed by atoms with Gasteiger partial charge in [-0.1, -0.05) is 29.8 Å². The molecular weight excluding hydrogens is 216 g/mol. The van der Waals surface area contributed by atoms with Crippen molar-refractivity contribution in [3.8, 4) is 0 Å². The fourth-order valence-corrected chi connectivity index (χ4v) is 2.65. The zero-order valence-electron chi connectivity index (χ0n) is 9.66. The maximum atomic E-state index is 4.44. The van der Waals surface area contributed by atoms with E-state index in [-0.39, 0.29) is 0 Å². The molecule has 0 bridgehead atoms. The standard InChI is InChI=1S/C13H16N2S/c1-10-4-3-5-11(6-10)7-13-15-9-12(16-13)8-14-2/h3-6,9,14H,7-8H2,1-2H3. The molecule has 1 N–H and O–H groups in total. The highest BCUT2D eigenvalue weighted by molar-refractivity contribution is 7.11. The van der Waals surface area contributed by atoms with Gasteiger partial charge in [0.25, 0.3) is 0 Å². The van der Waals surface area contributed by atoms with Crippen LogP contribution >= 0.6 is 11.3 Å². The van der Waals surface area contributed by atoms with Gasteiger partial charge in [0.2, 0.25) is 0 Å². The average molecular weight is 232 g/mol. The van der Waals surface area contributed by atoms with E-state index in [1.807, 2.05) is 13.2 Å². The van der Waals surface area contributed by atoms with Gasteiger partial charge in [-0.2, -0.15) is 0 Å². The number of nitrogens with one attached hydrogen (secondary N) is 1. The van der Waals surface area contributed by atoms with Gasteiger partial charge >= 0.3 is 0 Å². The number of hydrogen-bond donors (Lipinski definition) is 1. The van der Waals surface area contributed by atoms with Gasteiger partial charge in [-0.05, 0) is 19.5 Å². The number of benzene rings is 1. The van der Waals surface area contributed by atoms with Gasteiger partial charge in [-0.3, -0.25) is 0 Å². The van der Waals surface area contributed by atoms with Crippen LogP contribution < -0.4 is 5.32 Å². The Kier molecular flexibility index (Phi) is 3.70. The number of aryl methyl sites for hydroxylation is 1. The van der Waals surface area contributed by atoms with E-state index < -0.39 is 0 Å².